The third-order valence-corrected chi connectivity index (χ3v) is 2.65. The van der Waals surface area contributed by atoms with Crippen molar-refractivity contribution in [3.8, 4) is 0 Å². The van der Waals surface area contributed by atoms with E-state index in [1.807, 2.05) is 30.3 Å². The Morgan fingerprint density at radius 1 is 1.15 bits per heavy atom. The average Bonchev–Trinajstić information content (AvgIpc) is 2.48. The number of methoxy groups -OCH3 is 1. The third-order valence-electron chi connectivity index (χ3n) is 2.65. The molecule has 2 aromatic rings. The minimum atomic E-state index is -0.507. The molecule has 0 bridgehead atoms. The number of ether oxygens (including phenoxy) is 1. The smallest absolute Gasteiger partial charge is 0.356 e. The third kappa shape index (κ3) is 3.65. The highest BCUT2D eigenvalue weighted by Crippen LogP contribution is 2.08. The molecule has 5 heteroatoms. The maximum Gasteiger partial charge on any atom is 0.356 e. The number of hydrogen-bond acceptors (Lipinski definition) is 4. The van der Waals surface area contributed by atoms with Crippen LogP contribution >= 0.6 is 0 Å². The fourth-order valence-corrected chi connectivity index (χ4v) is 1.68. The molecule has 2 rings (SSSR count). The van der Waals surface area contributed by atoms with Gasteiger partial charge in [-0.1, -0.05) is 30.3 Å². The number of amides is 1. The number of aromatic nitrogens is 1. The van der Waals surface area contributed by atoms with Gasteiger partial charge in [-0.3, -0.25) is 4.79 Å². The standard InChI is InChI=1S/C15H14N2O3/c1-20-15(19)13-8-7-12(10-16-13)17-14(18)9-11-5-3-2-4-6-11/h2-8,10H,9H2,1H3,(H,17,18). The lowest BCUT2D eigenvalue weighted by molar-refractivity contribution is -0.115. The van der Waals surface area contributed by atoms with E-state index in [1.165, 1.54) is 19.4 Å². The van der Waals surface area contributed by atoms with Gasteiger partial charge in [0, 0.05) is 0 Å². The van der Waals surface area contributed by atoms with Crippen LogP contribution in [0.2, 0.25) is 0 Å². The van der Waals surface area contributed by atoms with Crippen LogP contribution in [0.25, 0.3) is 0 Å². The zero-order chi connectivity index (χ0) is 14.4. The van der Waals surface area contributed by atoms with Gasteiger partial charge < -0.3 is 10.1 Å². The molecule has 1 aromatic carbocycles. The van der Waals surface area contributed by atoms with Crippen molar-refractivity contribution >= 4 is 17.6 Å². The Morgan fingerprint density at radius 2 is 1.90 bits per heavy atom. The molecular formula is C15H14N2O3. The molecule has 1 amide bonds. The molecule has 5 nitrogen and oxygen atoms in total. The van der Waals surface area contributed by atoms with E-state index < -0.39 is 5.97 Å². The lowest BCUT2D eigenvalue weighted by Gasteiger charge is -2.05. The summed E-state index contributed by atoms with van der Waals surface area (Å²) in [6.07, 6.45) is 1.72. The first-order valence-electron chi connectivity index (χ1n) is 6.07. The summed E-state index contributed by atoms with van der Waals surface area (Å²) >= 11 is 0. The van der Waals surface area contributed by atoms with Crippen LogP contribution in [0.15, 0.2) is 48.7 Å². The molecule has 20 heavy (non-hydrogen) atoms. The van der Waals surface area contributed by atoms with Crippen LogP contribution in [-0.4, -0.2) is 24.0 Å². The molecular weight excluding hydrogens is 256 g/mol. The van der Waals surface area contributed by atoms with Gasteiger partial charge in [-0.05, 0) is 17.7 Å². The number of pyridine rings is 1. The van der Waals surface area contributed by atoms with Crippen molar-refractivity contribution in [1.82, 2.24) is 4.98 Å². The van der Waals surface area contributed by atoms with Crippen LogP contribution in [0, 0.1) is 0 Å². The molecule has 0 aliphatic rings. The van der Waals surface area contributed by atoms with Crippen molar-refractivity contribution in [1.29, 1.82) is 0 Å². The Morgan fingerprint density at radius 3 is 2.50 bits per heavy atom. The maximum absolute atomic E-state index is 11.8. The monoisotopic (exact) mass is 270 g/mol. The first-order chi connectivity index (χ1) is 9.69. The topological polar surface area (TPSA) is 68.3 Å². The van der Waals surface area contributed by atoms with Crippen LogP contribution < -0.4 is 5.32 Å². The summed E-state index contributed by atoms with van der Waals surface area (Å²) in [4.78, 5) is 27.0. The number of esters is 1. The number of anilines is 1. The number of nitrogens with one attached hydrogen (secondary N) is 1. The summed E-state index contributed by atoms with van der Waals surface area (Å²) < 4.78 is 4.55. The van der Waals surface area contributed by atoms with Crippen molar-refractivity contribution in [2.24, 2.45) is 0 Å². The Hall–Kier alpha value is -2.69. The van der Waals surface area contributed by atoms with Gasteiger partial charge in [-0.15, -0.1) is 0 Å². The van der Waals surface area contributed by atoms with Gasteiger partial charge in [-0.25, -0.2) is 9.78 Å². The van der Waals surface area contributed by atoms with E-state index in [-0.39, 0.29) is 11.6 Å². The number of carbonyl (C=O) groups excluding carboxylic acids is 2. The normalized spacial score (nSPS) is 9.85. The van der Waals surface area contributed by atoms with E-state index in [4.69, 9.17) is 0 Å². The van der Waals surface area contributed by atoms with Crippen LogP contribution in [0.3, 0.4) is 0 Å². The molecule has 0 saturated heterocycles. The second-order valence-electron chi connectivity index (χ2n) is 4.13. The van der Waals surface area contributed by atoms with Gasteiger partial charge >= 0.3 is 5.97 Å². The quantitative estimate of drug-likeness (QED) is 0.863. The fraction of sp³-hybridized carbons (Fsp3) is 0.133. The van der Waals surface area contributed by atoms with Gasteiger partial charge in [0.15, 0.2) is 0 Å². The Bertz CT molecular complexity index is 594. The average molecular weight is 270 g/mol. The van der Waals surface area contributed by atoms with Crippen molar-refractivity contribution in [3.05, 3.63) is 59.9 Å². The zero-order valence-electron chi connectivity index (χ0n) is 11.0. The summed E-state index contributed by atoms with van der Waals surface area (Å²) in [6, 6.07) is 12.6. The van der Waals surface area contributed by atoms with E-state index in [9.17, 15) is 9.59 Å². The number of hydrogen-bond donors (Lipinski definition) is 1. The van der Waals surface area contributed by atoms with E-state index in [1.54, 1.807) is 6.07 Å². The molecule has 0 atom stereocenters. The molecule has 1 N–H and O–H groups in total. The molecule has 0 unspecified atom stereocenters. The summed E-state index contributed by atoms with van der Waals surface area (Å²) in [5.74, 6) is -0.643. The summed E-state index contributed by atoms with van der Waals surface area (Å²) in [5.41, 5.74) is 1.68. The molecule has 102 valence electrons. The summed E-state index contributed by atoms with van der Waals surface area (Å²) in [5, 5.41) is 2.72. The number of benzene rings is 1. The second-order valence-corrected chi connectivity index (χ2v) is 4.13. The van der Waals surface area contributed by atoms with Crippen molar-refractivity contribution in [2.45, 2.75) is 6.42 Å². The van der Waals surface area contributed by atoms with Crippen molar-refractivity contribution in [3.63, 3.8) is 0 Å². The summed E-state index contributed by atoms with van der Waals surface area (Å²) in [7, 11) is 1.29. The van der Waals surface area contributed by atoms with Crippen molar-refractivity contribution in [2.75, 3.05) is 12.4 Å². The number of carbonyl (C=O) groups is 2. The van der Waals surface area contributed by atoms with E-state index in [0.717, 1.165) is 5.56 Å². The predicted molar refractivity (Wildman–Crippen MR) is 74.4 cm³/mol. The molecule has 0 fully saturated rings. The zero-order valence-corrected chi connectivity index (χ0v) is 11.0. The first kappa shape index (κ1) is 13.7. The van der Waals surface area contributed by atoms with Crippen LogP contribution in [0.4, 0.5) is 5.69 Å². The van der Waals surface area contributed by atoms with Gasteiger partial charge in [-0.2, -0.15) is 0 Å². The minimum Gasteiger partial charge on any atom is -0.464 e. The SMILES string of the molecule is COC(=O)c1ccc(NC(=O)Cc2ccccc2)cn1. The van der Waals surface area contributed by atoms with Gasteiger partial charge in [0.05, 0.1) is 25.4 Å². The van der Waals surface area contributed by atoms with E-state index >= 15 is 0 Å². The Labute approximate surface area is 116 Å². The van der Waals surface area contributed by atoms with Gasteiger partial charge in [0.25, 0.3) is 0 Å². The molecule has 1 heterocycles. The number of rotatable bonds is 4. The summed E-state index contributed by atoms with van der Waals surface area (Å²) in [6.45, 7) is 0. The molecule has 1 aromatic heterocycles. The van der Waals surface area contributed by atoms with Gasteiger partial charge in [0.1, 0.15) is 5.69 Å². The molecule has 0 saturated carbocycles. The number of nitrogens with zero attached hydrogens (tertiary/aromatic N) is 1. The van der Waals surface area contributed by atoms with Crippen LogP contribution in [0.1, 0.15) is 16.1 Å². The van der Waals surface area contributed by atoms with Crippen molar-refractivity contribution < 1.29 is 14.3 Å². The molecule has 0 radical (unpaired) electrons. The largest absolute Gasteiger partial charge is 0.464 e. The molecule has 0 aliphatic heterocycles. The minimum absolute atomic E-state index is 0.135. The van der Waals surface area contributed by atoms with E-state index in [2.05, 4.69) is 15.0 Å². The van der Waals surface area contributed by atoms with E-state index in [0.29, 0.717) is 12.1 Å². The lowest BCUT2D eigenvalue weighted by Crippen LogP contribution is -2.15. The van der Waals surface area contributed by atoms with Crippen LogP contribution in [0.5, 0.6) is 0 Å². The lowest BCUT2D eigenvalue weighted by atomic mass is 10.1. The fourth-order valence-electron chi connectivity index (χ4n) is 1.68. The van der Waals surface area contributed by atoms with Gasteiger partial charge in [0.2, 0.25) is 5.91 Å². The highest BCUT2D eigenvalue weighted by atomic mass is 16.5. The Kier molecular flexibility index (Phi) is 4.44. The second kappa shape index (κ2) is 6.47. The molecule has 0 spiro atoms. The first-order valence-corrected chi connectivity index (χ1v) is 6.07. The maximum atomic E-state index is 11.8. The Balaban J connectivity index is 1.96. The highest BCUT2D eigenvalue weighted by molar-refractivity contribution is 5.93. The molecule has 0 aliphatic carbocycles. The highest BCUT2D eigenvalue weighted by Gasteiger charge is 2.08. The predicted octanol–water partition coefficient (Wildman–Crippen LogP) is 2.05. The van der Waals surface area contributed by atoms with Crippen LogP contribution in [-0.2, 0) is 16.0 Å².